The summed E-state index contributed by atoms with van der Waals surface area (Å²) in [5.74, 6) is 0.761. The summed E-state index contributed by atoms with van der Waals surface area (Å²) in [7, 11) is 0. The van der Waals surface area contributed by atoms with E-state index < -0.39 is 0 Å². The predicted molar refractivity (Wildman–Crippen MR) is 45.7 cm³/mol. The molecule has 10 heavy (non-hydrogen) atoms. The van der Waals surface area contributed by atoms with Crippen LogP contribution in [0.1, 0.15) is 1.37 Å². The van der Waals surface area contributed by atoms with Gasteiger partial charge in [-0.3, -0.25) is 0 Å². The van der Waals surface area contributed by atoms with E-state index in [0.29, 0.717) is 12.6 Å². The number of ether oxygens (including phenoxy) is 1. The average Bonchev–Trinajstić information content (AvgIpc) is 2.01. The molecule has 0 radical (unpaired) electrons. The second-order valence-corrected chi connectivity index (χ2v) is 2.57. The Kier molecular flexibility index (Phi) is 2.70. The highest BCUT2D eigenvalue weighted by molar-refractivity contribution is 9.09. The number of para-hydroxylation sites is 1. The molecule has 0 atom stereocenters. The van der Waals surface area contributed by atoms with Gasteiger partial charge in [0.15, 0.2) is 0 Å². The summed E-state index contributed by atoms with van der Waals surface area (Å²) in [4.78, 5) is 0. The zero-order valence-electron chi connectivity index (χ0n) is 6.51. The molecule has 0 aliphatic carbocycles. The van der Waals surface area contributed by atoms with Gasteiger partial charge in [-0.1, -0.05) is 34.1 Å². The molecule has 0 aromatic heterocycles. The molecule has 1 rings (SSSR count). The fourth-order valence-corrected chi connectivity index (χ4v) is 0.785. The van der Waals surface area contributed by atoms with E-state index in [2.05, 4.69) is 15.9 Å². The minimum atomic E-state index is 0.483. The Balaban J connectivity index is 2.56. The molecule has 0 saturated carbocycles. The lowest BCUT2D eigenvalue weighted by Crippen LogP contribution is -1.96. The molecule has 0 unspecified atom stereocenters. The van der Waals surface area contributed by atoms with Crippen LogP contribution in [0.15, 0.2) is 30.3 Å². The maximum atomic E-state index is 7.28. The zero-order chi connectivity index (χ0) is 8.10. The third kappa shape index (κ3) is 2.40. The minimum absolute atomic E-state index is 0.483. The van der Waals surface area contributed by atoms with E-state index in [1.165, 1.54) is 0 Å². The van der Waals surface area contributed by atoms with Gasteiger partial charge in [0.2, 0.25) is 0 Å². The van der Waals surface area contributed by atoms with Gasteiger partial charge < -0.3 is 4.74 Å². The molecule has 0 fully saturated rings. The van der Waals surface area contributed by atoms with Crippen LogP contribution in [0.25, 0.3) is 0 Å². The lowest BCUT2D eigenvalue weighted by molar-refractivity contribution is 0.345. The first kappa shape index (κ1) is 6.23. The first-order chi connectivity index (χ1) is 5.33. The largest absolute Gasteiger partial charge is 0.493 e. The highest BCUT2D eigenvalue weighted by Gasteiger charge is 1.86. The quantitative estimate of drug-likeness (QED) is 0.684. The van der Waals surface area contributed by atoms with Gasteiger partial charge in [-0.15, -0.1) is 0 Å². The van der Waals surface area contributed by atoms with Crippen LogP contribution >= 0.6 is 15.9 Å². The summed E-state index contributed by atoms with van der Waals surface area (Å²) in [6, 6.07) is 7.56. The van der Waals surface area contributed by atoms with E-state index >= 15 is 0 Å². The smallest absolute Gasteiger partial charge is 0.119 e. The molecule has 0 aliphatic heterocycles. The van der Waals surface area contributed by atoms with Gasteiger partial charge >= 0.3 is 0 Å². The number of rotatable bonds is 3. The van der Waals surface area contributed by atoms with Crippen molar-refractivity contribution in [2.45, 2.75) is 0 Å². The van der Waals surface area contributed by atoms with Crippen LogP contribution in [-0.2, 0) is 0 Å². The van der Waals surface area contributed by atoms with Gasteiger partial charge in [0, 0.05) is 5.33 Å². The van der Waals surface area contributed by atoms with Crippen molar-refractivity contribution in [2.24, 2.45) is 0 Å². The third-order valence-electron chi connectivity index (χ3n) is 1.02. The van der Waals surface area contributed by atoms with Gasteiger partial charge in [0.25, 0.3) is 0 Å². The molecule has 2 heteroatoms. The molecule has 0 spiro atoms. The topological polar surface area (TPSA) is 9.23 Å². The molecular formula is C8H9BrO. The summed E-state index contributed by atoms with van der Waals surface area (Å²) in [6.07, 6.45) is 0. The van der Waals surface area contributed by atoms with Crippen LogP contribution in [0.3, 0.4) is 0 Å². The Morgan fingerprint density at radius 3 is 3.10 bits per heavy atom. The SMILES string of the molecule is [2H]c1cccc(OCCBr)c1. The Bertz CT molecular complexity index is 227. The Labute approximate surface area is 70.5 Å². The van der Waals surface area contributed by atoms with Crippen LogP contribution in [0.4, 0.5) is 0 Å². The van der Waals surface area contributed by atoms with E-state index in [1.54, 1.807) is 12.1 Å². The van der Waals surface area contributed by atoms with Crippen molar-refractivity contribution in [2.75, 3.05) is 11.9 Å². The molecule has 0 aliphatic rings. The molecule has 0 saturated heterocycles. The van der Waals surface area contributed by atoms with Crippen LogP contribution in [0.5, 0.6) is 5.75 Å². The number of benzene rings is 1. The van der Waals surface area contributed by atoms with E-state index in [4.69, 9.17) is 6.11 Å². The molecular weight excluding hydrogens is 192 g/mol. The van der Waals surface area contributed by atoms with E-state index in [-0.39, 0.29) is 0 Å². The molecule has 0 amide bonds. The number of hydrogen-bond acceptors (Lipinski definition) is 1. The van der Waals surface area contributed by atoms with E-state index in [1.807, 2.05) is 12.1 Å². The van der Waals surface area contributed by atoms with E-state index in [9.17, 15) is 0 Å². The fourth-order valence-electron chi connectivity index (χ4n) is 0.623. The molecule has 0 bridgehead atoms. The van der Waals surface area contributed by atoms with Crippen molar-refractivity contribution >= 4 is 15.9 Å². The van der Waals surface area contributed by atoms with Gasteiger partial charge in [-0.05, 0) is 12.1 Å². The normalized spacial score (nSPS) is 10.7. The molecule has 0 heterocycles. The Morgan fingerprint density at radius 2 is 2.40 bits per heavy atom. The first-order valence-corrected chi connectivity index (χ1v) is 4.20. The molecule has 54 valence electrons. The molecule has 1 aromatic rings. The van der Waals surface area contributed by atoms with Crippen molar-refractivity contribution in [1.29, 1.82) is 0 Å². The van der Waals surface area contributed by atoms with Gasteiger partial charge in [0.1, 0.15) is 5.75 Å². The summed E-state index contributed by atoms with van der Waals surface area (Å²) >= 11 is 3.25. The summed E-state index contributed by atoms with van der Waals surface area (Å²) < 4.78 is 12.5. The fraction of sp³-hybridized carbons (Fsp3) is 0.250. The number of alkyl halides is 1. The van der Waals surface area contributed by atoms with Crippen molar-refractivity contribution in [3.05, 3.63) is 30.3 Å². The summed E-state index contributed by atoms with van der Waals surface area (Å²) in [6.45, 7) is 0.642. The molecule has 1 nitrogen and oxygen atoms in total. The summed E-state index contributed by atoms with van der Waals surface area (Å²) in [5.41, 5.74) is 0. The Morgan fingerprint density at radius 1 is 1.50 bits per heavy atom. The molecule has 1 aromatic carbocycles. The predicted octanol–water partition coefficient (Wildman–Crippen LogP) is 2.46. The Hall–Kier alpha value is -0.500. The lowest BCUT2D eigenvalue weighted by Gasteiger charge is -2.01. The molecule has 0 N–H and O–H groups in total. The van der Waals surface area contributed by atoms with Crippen molar-refractivity contribution in [3.8, 4) is 5.75 Å². The highest BCUT2D eigenvalue weighted by atomic mass is 79.9. The second kappa shape index (κ2) is 4.34. The van der Waals surface area contributed by atoms with Gasteiger partial charge in [-0.25, -0.2) is 0 Å². The van der Waals surface area contributed by atoms with Crippen LogP contribution < -0.4 is 4.74 Å². The maximum Gasteiger partial charge on any atom is 0.119 e. The average molecular weight is 202 g/mol. The monoisotopic (exact) mass is 201 g/mol. The lowest BCUT2D eigenvalue weighted by atomic mass is 10.3. The highest BCUT2D eigenvalue weighted by Crippen LogP contribution is 2.07. The number of hydrogen-bond donors (Lipinski definition) is 0. The van der Waals surface area contributed by atoms with Crippen LogP contribution in [0, 0.1) is 0 Å². The van der Waals surface area contributed by atoms with E-state index in [0.717, 1.165) is 11.1 Å². The van der Waals surface area contributed by atoms with Crippen molar-refractivity contribution in [1.82, 2.24) is 0 Å². The van der Waals surface area contributed by atoms with Crippen LogP contribution in [0.2, 0.25) is 0 Å². The zero-order valence-corrected chi connectivity index (χ0v) is 7.10. The maximum absolute atomic E-state index is 7.28. The van der Waals surface area contributed by atoms with Crippen molar-refractivity contribution < 1.29 is 6.11 Å². The summed E-state index contributed by atoms with van der Waals surface area (Å²) in [5, 5.41) is 0.815. The van der Waals surface area contributed by atoms with Gasteiger partial charge in [-0.2, -0.15) is 0 Å². The van der Waals surface area contributed by atoms with Gasteiger partial charge in [0.05, 0.1) is 7.98 Å². The standard InChI is InChI=1S/C8H9BrO/c9-6-7-10-8-4-2-1-3-5-8/h1-5H,6-7H2/i2D. The van der Waals surface area contributed by atoms with Crippen molar-refractivity contribution in [3.63, 3.8) is 0 Å². The van der Waals surface area contributed by atoms with Crippen LogP contribution in [-0.4, -0.2) is 11.9 Å². The minimum Gasteiger partial charge on any atom is -0.493 e. The third-order valence-corrected chi connectivity index (χ3v) is 1.35. The first-order valence-electron chi connectivity index (χ1n) is 3.58. The number of halogens is 1. The second-order valence-electron chi connectivity index (χ2n) is 1.78.